The number of benzene rings is 3. The van der Waals surface area contributed by atoms with E-state index in [9.17, 15) is 9.59 Å². The van der Waals surface area contributed by atoms with Crippen molar-refractivity contribution in [2.75, 3.05) is 29.6 Å². The van der Waals surface area contributed by atoms with Gasteiger partial charge in [0.05, 0.1) is 19.3 Å². The molecule has 3 aromatic rings. The van der Waals surface area contributed by atoms with E-state index >= 15 is 0 Å². The quantitative estimate of drug-likeness (QED) is 0.511. The molecule has 2 aliphatic heterocycles. The summed E-state index contributed by atoms with van der Waals surface area (Å²) in [4.78, 5) is 29.8. The number of nitrogens with one attached hydrogen (secondary N) is 1. The van der Waals surface area contributed by atoms with Gasteiger partial charge in [-0.3, -0.25) is 9.69 Å². The Morgan fingerprint density at radius 2 is 1.94 bits per heavy atom. The molecule has 2 aliphatic rings. The normalized spacial score (nSPS) is 19.0. The van der Waals surface area contributed by atoms with Crippen molar-refractivity contribution in [3.63, 3.8) is 0 Å². The van der Waals surface area contributed by atoms with Gasteiger partial charge in [-0.15, -0.1) is 11.8 Å². The van der Waals surface area contributed by atoms with Crippen molar-refractivity contribution in [1.29, 1.82) is 0 Å². The number of hydrogen-bond donors (Lipinski definition) is 1. The van der Waals surface area contributed by atoms with Gasteiger partial charge in [0.25, 0.3) is 5.91 Å². The molecule has 34 heavy (non-hydrogen) atoms. The molecular weight excluding hydrogens is 470 g/mol. The van der Waals surface area contributed by atoms with Crippen molar-refractivity contribution in [3.05, 3.63) is 88.4 Å². The second kappa shape index (κ2) is 8.89. The fourth-order valence-corrected chi connectivity index (χ4v) is 6.23. The lowest BCUT2D eigenvalue weighted by Gasteiger charge is -2.33. The van der Waals surface area contributed by atoms with Crippen molar-refractivity contribution in [2.45, 2.75) is 18.3 Å². The molecule has 0 saturated carbocycles. The number of rotatable bonds is 4. The monoisotopic (exact) mass is 493 g/mol. The first-order chi connectivity index (χ1) is 16.4. The molecule has 6 nitrogen and oxygen atoms in total. The third kappa shape index (κ3) is 3.79. The topological polar surface area (TPSA) is 61.9 Å². The summed E-state index contributed by atoms with van der Waals surface area (Å²) in [6, 6.07) is 20.4. The zero-order valence-corrected chi connectivity index (χ0v) is 20.4. The van der Waals surface area contributed by atoms with Crippen molar-refractivity contribution in [3.8, 4) is 5.75 Å². The highest BCUT2D eigenvalue weighted by molar-refractivity contribution is 8.01. The molecule has 174 valence electrons. The molecule has 1 fully saturated rings. The molecule has 5 rings (SSSR count). The molecule has 1 saturated heterocycles. The average molecular weight is 494 g/mol. The largest absolute Gasteiger partial charge is 0.497 e. The van der Waals surface area contributed by atoms with Crippen LogP contribution >= 0.6 is 23.4 Å². The summed E-state index contributed by atoms with van der Waals surface area (Å²) in [6.07, 6.45) is 0. The van der Waals surface area contributed by atoms with Crippen molar-refractivity contribution >= 4 is 46.7 Å². The van der Waals surface area contributed by atoms with E-state index in [0.717, 1.165) is 22.4 Å². The first-order valence-corrected chi connectivity index (χ1v) is 12.3. The minimum Gasteiger partial charge on any atom is -0.497 e. The predicted octanol–water partition coefficient (Wildman–Crippen LogP) is 5.64. The molecule has 3 amide bonds. The third-order valence-corrected chi connectivity index (χ3v) is 7.82. The van der Waals surface area contributed by atoms with E-state index in [1.165, 1.54) is 11.8 Å². The van der Waals surface area contributed by atoms with Crippen LogP contribution in [-0.2, 0) is 16.2 Å². The smallest absolute Gasteiger partial charge is 0.323 e. The van der Waals surface area contributed by atoms with Gasteiger partial charge in [-0.2, -0.15) is 0 Å². The van der Waals surface area contributed by atoms with Crippen LogP contribution in [0.1, 0.15) is 16.7 Å². The predicted molar refractivity (Wildman–Crippen MR) is 137 cm³/mol. The van der Waals surface area contributed by atoms with Gasteiger partial charge in [0, 0.05) is 28.6 Å². The number of fused-ring (bicyclic) bond motifs is 2. The Bertz CT molecular complexity index is 1270. The summed E-state index contributed by atoms with van der Waals surface area (Å²) in [5.41, 5.74) is 4.33. The number of hydrogen-bond acceptors (Lipinski definition) is 4. The summed E-state index contributed by atoms with van der Waals surface area (Å²) in [6.45, 7) is 2.90. The van der Waals surface area contributed by atoms with Gasteiger partial charge >= 0.3 is 6.03 Å². The molecule has 1 atom stereocenters. The molecule has 2 heterocycles. The van der Waals surface area contributed by atoms with Gasteiger partial charge in [-0.1, -0.05) is 41.4 Å². The highest BCUT2D eigenvalue weighted by Gasteiger charge is 2.59. The number of urea groups is 1. The van der Waals surface area contributed by atoms with E-state index in [-0.39, 0.29) is 11.9 Å². The fraction of sp³-hybridized carbons (Fsp3) is 0.231. The van der Waals surface area contributed by atoms with Gasteiger partial charge in [-0.05, 0) is 55.0 Å². The lowest BCUT2D eigenvalue weighted by molar-refractivity contribution is -0.123. The Morgan fingerprint density at radius 3 is 2.68 bits per heavy atom. The summed E-state index contributed by atoms with van der Waals surface area (Å²) in [5.74, 6) is 1.22. The highest BCUT2D eigenvalue weighted by atomic mass is 35.5. The molecule has 1 N–H and O–H groups in total. The standard InChI is InChI=1S/C26H24ClN3O3S/c1-17-4-3-5-18(14-17)16-29-23-11-6-19(27)15-22(23)26(24(29)31)30(12-13-34-26)25(32)28-20-7-9-21(33-2)10-8-20/h3-11,14-15H,12-13,16H2,1-2H3,(H,28,32)/t26-/m1/s1. The van der Waals surface area contributed by atoms with E-state index in [1.54, 1.807) is 47.2 Å². The van der Waals surface area contributed by atoms with Crippen LogP contribution in [0.15, 0.2) is 66.7 Å². The minimum absolute atomic E-state index is 0.126. The van der Waals surface area contributed by atoms with Crippen LogP contribution in [-0.4, -0.2) is 36.2 Å². The SMILES string of the molecule is COc1ccc(NC(=O)N2CCS[C@]23C(=O)N(Cc2cccc(C)c2)c2ccc(Cl)cc23)cc1. The van der Waals surface area contributed by atoms with E-state index in [0.29, 0.717) is 35.3 Å². The average Bonchev–Trinajstić information content (AvgIpc) is 3.37. The molecule has 0 aliphatic carbocycles. The molecule has 8 heteroatoms. The molecule has 3 aromatic carbocycles. The lowest BCUT2D eigenvalue weighted by atomic mass is 10.1. The molecule has 0 unspecified atom stereocenters. The second-order valence-corrected chi connectivity index (χ2v) is 10.1. The maximum absolute atomic E-state index is 14.1. The van der Waals surface area contributed by atoms with Crippen molar-refractivity contribution in [2.24, 2.45) is 0 Å². The number of ether oxygens (including phenoxy) is 1. The van der Waals surface area contributed by atoms with E-state index < -0.39 is 4.87 Å². The number of methoxy groups -OCH3 is 1. The van der Waals surface area contributed by atoms with Crippen LogP contribution < -0.4 is 15.0 Å². The van der Waals surface area contributed by atoms with Gasteiger partial charge in [0.15, 0.2) is 4.87 Å². The molecular formula is C26H24ClN3O3S. The number of halogens is 1. The van der Waals surface area contributed by atoms with Crippen LogP contribution in [0.25, 0.3) is 0 Å². The van der Waals surface area contributed by atoms with Crippen molar-refractivity contribution < 1.29 is 14.3 Å². The first-order valence-electron chi connectivity index (χ1n) is 11.0. The Labute approximate surface area is 207 Å². The number of carbonyl (C=O) groups is 2. The Morgan fingerprint density at radius 1 is 1.15 bits per heavy atom. The Kier molecular flexibility index (Phi) is 5.91. The minimum atomic E-state index is -1.15. The number of aryl methyl sites for hydroxylation is 1. The Hall–Kier alpha value is -3.16. The lowest BCUT2D eigenvalue weighted by Crippen LogP contribution is -2.51. The Balaban J connectivity index is 1.50. The van der Waals surface area contributed by atoms with Crippen LogP contribution in [0.4, 0.5) is 16.2 Å². The van der Waals surface area contributed by atoms with Gasteiger partial charge in [0.1, 0.15) is 5.75 Å². The number of nitrogens with zero attached hydrogens (tertiary/aromatic N) is 2. The van der Waals surface area contributed by atoms with Crippen molar-refractivity contribution in [1.82, 2.24) is 4.90 Å². The number of thioether (sulfide) groups is 1. The molecule has 0 aromatic heterocycles. The molecule has 1 spiro atoms. The van der Waals surface area contributed by atoms with E-state index in [2.05, 4.69) is 11.4 Å². The number of amides is 3. The number of anilines is 2. The van der Waals surface area contributed by atoms with Gasteiger partial charge < -0.3 is 15.0 Å². The zero-order valence-electron chi connectivity index (χ0n) is 18.9. The van der Waals surface area contributed by atoms with E-state index in [4.69, 9.17) is 16.3 Å². The van der Waals surface area contributed by atoms with Crippen LogP contribution in [0, 0.1) is 6.92 Å². The summed E-state index contributed by atoms with van der Waals surface area (Å²) < 4.78 is 5.19. The van der Waals surface area contributed by atoms with Crippen LogP contribution in [0.3, 0.4) is 0 Å². The third-order valence-electron chi connectivity index (χ3n) is 6.17. The first kappa shape index (κ1) is 22.6. The van der Waals surface area contributed by atoms with Crippen LogP contribution in [0.2, 0.25) is 5.02 Å². The maximum Gasteiger partial charge on any atom is 0.323 e. The molecule has 0 bridgehead atoms. The highest BCUT2D eigenvalue weighted by Crippen LogP contribution is 2.55. The van der Waals surface area contributed by atoms with Crippen LogP contribution in [0.5, 0.6) is 5.75 Å². The second-order valence-electron chi connectivity index (χ2n) is 8.34. The van der Waals surface area contributed by atoms with Gasteiger partial charge in [-0.25, -0.2) is 4.79 Å². The summed E-state index contributed by atoms with van der Waals surface area (Å²) >= 11 is 7.85. The number of carbonyl (C=O) groups excluding carboxylic acids is 2. The van der Waals surface area contributed by atoms with E-state index in [1.807, 2.05) is 37.3 Å². The summed E-state index contributed by atoms with van der Waals surface area (Å²) in [5, 5.41) is 3.47. The maximum atomic E-state index is 14.1. The fourth-order valence-electron chi connectivity index (χ4n) is 4.60. The zero-order chi connectivity index (χ0) is 23.9. The molecule has 0 radical (unpaired) electrons. The van der Waals surface area contributed by atoms with Gasteiger partial charge in [0.2, 0.25) is 0 Å². The summed E-state index contributed by atoms with van der Waals surface area (Å²) in [7, 11) is 1.59.